The first kappa shape index (κ1) is 14.9. The van der Waals surface area contributed by atoms with Gasteiger partial charge in [0.1, 0.15) is 5.78 Å². The van der Waals surface area contributed by atoms with Gasteiger partial charge in [0, 0.05) is 25.2 Å². The Hall–Kier alpha value is -0.470. The average molecular weight is 272 g/mol. The fourth-order valence-corrected chi connectivity index (χ4v) is 3.79. The second-order valence-electron chi connectivity index (χ2n) is 6.61. The summed E-state index contributed by atoms with van der Waals surface area (Å²) in [6.45, 7) is 2.21. The minimum Gasteiger partial charge on any atom is -0.299 e. The molecule has 0 aromatic heterocycles. The van der Waals surface area contributed by atoms with Gasteiger partial charge < -0.3 is 0 Å². The summed E-state index contributed by atoms with van der Waals surface area (Å²) in [6, 6.07) is 0. The number of hydrogen-bond acceptors (Lipinski definition) is 1. The van der Waals surface area contributed by atoms with E-state index in [9.17, 15) is 13.6 Å². The van der Waals surface area contributed by atoms with Crippen molar-refractivity contribution in [3.8, 4) is 0 Å². The Balaban J connectivity index is 1.78. The summed E-state index contributed by atoms with van der Waals surface area (Å²) in [5, 5.41) is 0. The SMILES string of the molecule is CCC1CCC(C(=O)CC2CCCC(F)(F)C2)CC1. The van der Waals surface area contributed by atoms with Gasteiger partial charge in [-0.05, 0) is 50.4 Å². The molecule has 0 radical (unpaired) electrons. The third kappa shape index (κ3) is 4.25. The van der Waals surface area contributed by atoms with Gasteiger partial charge >= 0.3 is 0 Å². The van der Waals surface area contributed by atoms with Crippen LogP contribution < -0.4 is 0 Å². The van der Waals surface area contributed by atoms with E-state index in [1.54, 1.807) is 0 Å². The molecule has 0 amide bonds. The Morgan fingerprint density at radius 1 is 1.11 bits per heavy atom. The van der Waals surface area contributed by atoms with Gasteiger partial charge in [-0.1, -0.05) is 13.3 Å². The van der Waals surface area contributed by atoms with E-state index in [0.29, 0.717) is 12.8 Å². The van der Waals surface area contributed by atoms with Gasteiger partial charge in [-0.15, -0.1) is 0 Å². The number of rotatable bonds is 4. The minimum absolute atomic E-state index is 0.0132. The number of Topliss-reactive ketones (excluding diaryl/α,β-unsaturated/α-hetero) is 1. The van der Waals surface area contributed by atoms with Crippen molar-refractivity contribution >= 4 is 5.78 Å². The summed E-state index contributed by atoms with van der Waals surface area (Å²) < 4.78 is 26.7. The first-order valence-electron chi connectivity index (χ1n) is 7.90. The maximum Gasteiger partial charge on any atom is 0.248 e. The molecule has 1 nitrogen and oxygen atoms in total. The Labute approximate surface area is 115 Å². The lowest BCUT2D eigenvalue weighted by Crippen LogP contribution is -2.29. The minimum atomic E-state index is -2.52. The van der Waals surface area contributed by atoms with Crippen LogP contribution in [-0.2, 0) is 4.79 Å². The van der Waals surface area contributed by atoms with Gasteiger partial charge in [0.05, 0.1) is 0 Å². The highest BCUT2D eigenvalue weighted by atomic mass is 19.3. The smallest absolute Gasteiger partial charge is 0.248 e. The molecular weight excluding hydrogens is 246 g/mol. The molecule has 110 valence electrons. The van der Waals surface area contributed by atoms with Crippen molar-refractivity contribution in [2.75, 3.05) is 0 Å². The zero-order valence-corrected chi connectivity index (χ0v) is 12.0. The van der Waals surface area contributed by atoms with Crippen LogP contribution in [0, 0.1) is 17.8 Å². The summed E-state index contributed by atoms with van der Waals surface area (Å²) in [5.41, 5.74) is 0. The predicted octanol–water partition coefficient (Wildman–Crippen LogP) is 4.99. The van der Waals surface area contributed by atoms with Crippen LogP contribution in [-0.4, -0.2) is 11.7 Å². The third-order valence-electron chi connectivity index (χ3n) is 5.11. The lowest BCUT2D eigenvalue weighted by Gasteiger charge is -2.31. The molecule has 2 rings (SSSR count). The van der Waals surface area contributed by atoms with Crippen molar-refractivity contribution < 1.29 is 13.6 Å². The summed E-state index contributed by atoms with van der Waals surface area (Å²) in [6.07, 6.45) is 7.21. The molecule has 1 atom stereocenters. The number of carbonyl (C=O) groups excluding carboxylic acids is 1. The molecule has 0 N–H and O–H groups in total. The number of alkyl halides is 2. The Morgan fingerprint density at radius 2 is 1.79 bits per heavy atom. The first-order chi connectivity index (χ1) is 9.00. The molecule has 2 saturated carbocycles. The molecule has 2 aliphatic carbocycles. The van der Waals surface area contributed by atoms with Crippen LogP contribution in [0.25, 0.3) is 0 Å². The van der Waals surface area contributed by atoms with Crippen molar-refractivity contribution in [3.63, 3.8) is 0 Å². The summed E-state index contributed by atoms with van der Waals surface area (Å²) >= 11 is 0. The maximum atomic E-state index is 13.3. The summed E-state index contributed by atoms with van der Waals surface area (Å²) in [4.78, 5) is 12.2. The van der Waals surface area contributed by atoms with Gasteiger partial charge in [-0.2, -0.15) is 0 Å². The zero-order chi connectivity index (χ0) is 13.9. The molecular formula is C16H26F2O. The van der Waals surface area contributed by atoms with E-state index in [2.05, 4.69) is 6.92 Å². The van der Waals surface area contributed by atoms with E-state index in [1.807, 2.05) is 0 Å². The van der Waals surface area contributed by atoms with E-state index in [0.717, 1.165) is 38.0 Å². The molecule has 2 aliphatic rings. The molecule has 3 heteroatoms. The van der Waals surface area contributed by atoms with Crippen molar-refractivity contribution in [2.24, 2.45) is 17.8 Å². The third-order valence-corrected chi connectivity index (χ3v) is 5.11. The topological polar surface area (TPSA) is 17.1 Å². The number of carbonyl (C=O) groups is 1. The van der Waals surface area contributed by atoms with E-state index in [-0.39, 0.29) is 30.5 Å². The Bertz CT molecular complexity index is 306. The molecule has 19 heavy (non-hydrogen) atoms. The largest absolute Gasteiger partial charge is 0.299 e. The van der Waals surface area contributed by atoms with Gasteiger partial charge in [0.25, 0.3) is 0 Å². The molecule has 0 bridgehead atoms. The van der Waals surface area contributed by atoms with E-state index >= 15 is 0 Å². The molecule has 0 aromatic rings. The number of halogens is 2. The van der Waals surface area contributed by atoms with Crippen LogP contribution in [0.2, 0.25) is 0 Å². The predicted molar refractivity (Wildman–Crippen MR) is 72.3 cm³/mol. The number of hydrogen-bond donors (Lipinski definition) is 0. The highest BCUT2D eigenvalue weighted by molar-refractivity contribution is 5.81. The van der Waals surface area contributed by atoms with E-state index in [4.69, 9.17) is 0 Å². The molecule has 0 spiro atoms. The second kappa shape index (κ2) is 6.32. The Morgan fingerprint density at radius 3 is 2.37 bits per heavy atom. The molecule has 0 aromatic carbocycles. The fourth-order valence-electron chi connectivity index (χ4n) is 3.79. The lowest BCUT2D eigenvalue weighted by atomic mass is 9.75. The Kier molecular flexibility index (Phi) is 4.97. The molecule has 1 unspecified atom stereocenters. The molecule has 0 saturated heterocycles. The highest BCUT2D eigenvalue weighted by Crippen LogP contribution is 2.39. The van der Waals surface area contributed by atoms with Gasteiger partial charge in [-0.25, -0.2) is 8.78 Å². The molecule has 0 aliphatic heterocycles. The van der Waals surface area contributed by atoms with Crippen molar-refractivity contribution in [3.05, 3.63) is 0 Å². The highest BCUT2D eigenvalue weighted by Gasteiger charge is 2.37. The van der Waals surface area contributed by atoms with Gasteiger partial charge in [0.15, 0.2) is 0 Å². The second-order valence-corrected chi connectivity index (χ2v) is 6.61. The van der Waals surface area contributed by atoms with Crippen molar-refractivity contribution in [1.29, 1.82) is 0 Å². The number of ketones is 1. The zero-order valence-electron chi connectivity index (χ0n) is 12.0. The lowest BCUT2D eigenvalue weighted by molar-refractivity contribution is -0.126. The monoisotopic (exact) mass is 272 g/mol. The normalized spacial score (nSPS) is 35.0. The molecule has 0 heterocycles. The van der Waals surface area contributed by atoms with Gasteiger partial charge in [-0.3, -0.25) is 4.79 Å². The van der Waals surface area contributed by atoms with Crippen LogP contribution in [0.15, 0.2) is 0 Å². The average Bonchev–Trinajstić information content (AvgIpc) is 2.37. The van der Waals surface area contributed by atoms with E-state index in [1.165, 1.54) is 6.42 Å². The summed E-state index contributed by atoms with van der Waals surface area (Å²) in [5.74, 6) is -1.39. The maximum absolute atomic E-state index is 13.3. The van der Waals surface area contributed by atoms with Crippen LogP contribution in [0.1, 0.15) is 71.1 Å². The van der Waals surface area contributed by atoms with Crippen molar-refractivity contribution in [1.82, 2.24) is 0 Å². The van der Waals surface area contributed by atoms with E-state index < -0.39 is 5.92 Å². The van der Waals surface area contributed by atoms with Crippen molar-refractivity contribution in [2.45, 2.75) is 77.1 Å². The van der Waals surface area contributed by atoms with Crippen LogP contribution in [0.5, 0.6) is 0 Å². The van der Waals surface area contributed by atoms with Crippen LogP contribution in [0.4, 0.5) is 8.78 Å². The fraction of sp³-hybridized carbons (Fsp3) is 0.938. The quantitative estimate of drug-likeness (QED) is 0.704. The van der Waals surface area contributed by atoms with Crippen LogP contribution in [0.3, 0.4) is 0 Å². The summed E-state index contributed by atoms with van der Waals surface area (Å²) in [7, 11) is 0. The van der Waals surface area contributed by atoms with Crippen LogP contribution >= 0.6 is 0 Å². The van der Waals surface area contributed by atoms with Gasteiger partial charge in [0.2, 0.25) is 5.92 Å². The first-order valence-corrected chi connectivity index (χ1v) is 7.90. The standard InChI is InChI=1S/C16H26F2O/c1-2-12-5-7-14(8-6-12)15(19)10-13-4-3-9-16(17,18)11-13/h12-14H,2-11H2,1H3. The molecule has 2 fully saturated rings.